The molecule has 4 heterocycles. The molecule has 4 aliphatic rings. The van der Waals surface area contributed by atoms with Gasteiger partial charge in [0.2, 0.25) is 5.91 Å². The lowest BCUT2D eigenvalue weighted by molar-refractivity contribution is -0.125. The number of fused-ring (bicyclic) bond motifs is 2. The normalized spacial score (nSPS) is 22.7. The molecule has 1 N–H and O–H groups in total. The summed E-state index contributed by atoms with van der Waals surface area (Å²) in [4.78, 5) is 24.6. The predicted molar refractivity (Wildman–Crippen MR) is 138 cm³/mol. The van der Waals surface area contributed by atoms with Crippen LogP contribution in [0.4, 0.5) is 5.13 Å². The van der Waals surface area contributed by atoms with Gasteiger partial charge in [0, 0.05) is 30.6 Å². The number of anilines is 1. The number of benzene rings is 1. The average Bonchev–Trinajstić information content (AvgIpc) is 3.64. The second-order valence-electron chi connectivity index (χ2n) is 10.4. The standard InChI is InChI=1S/C27H36N4O3S/c32-26(20-9-12-31(17-20)27-29-22-5-1-2-6-25(22)35-27)28-21(18-30-10-3-4-11-30)15-19-7-8-23-24(16-19)34-14-13-33-23/h7-8,16,20-21H,1-6,9-15,17-18H2,(H,28,32). The van der Waals surface area contributed by atoms with E-state index < -0.39 is 0 Å². The molecule has 2 atom stereocenters. The molecule has 35 heavy (non-hydrogen) atoms. The predicted octanol–water partition coefficient (Wildman–Crippen LogP) is 3.44. The van der Waals surface area contributed by atoms with Gasteiger partial charge in [-0.1, -0.05) is 6.07 Å². The summed E-state index contributed by atoms with van der Waals surface area (Å²) in [6, 6.07) is 6.28. The highest BCUT2D eigenvalue weighted by molar-refractivity contribution is 7.15. The highest BCUT2D eigenvalue weighted by atomic mass is 32.1. The Labute approximate surface area is 211 Å². The second kappa shape index (κ2) is 10.3. The van der Waals surface area contributed by atoms with Crippen molar-refractivity contribution in [1.29, 1.82) is 0 Å². The monoisotopic (exact) mass is 496 g/mol. The van der Waals surface area contributed by atoms with Crippen LogP contribution in [0.5, 0.6) is 11.5 Å². The van der Waals surface area contributed by atoms with Crippen LogP contribution in [0.3, 0.4) is 0 Å². The molecule has 6 rings (SSSR count). The third-order valence-electron chi connectivity index (χ3n) is 7.78. The summed E-state index contributed by atoms with van der Waals surface area (Å²) in [5.74, 6) is 1.85. The first kappa shape index (κ1) is 23.1. The molecular formula is C27H36N4O3S. The van der Waals surface area contributed by atoms with Crippen LogP contribution >= 0.6 is 11.3 Å². The van der Waals surface area contributed by atoms with Crippen molar-refractivity contribution >= 4 is 22.4 Å². The summed E-state index contributed by atoms with van der Waals surface area (Å²) in [6.07, 6.45) is 9.01. The molecular weight excluding hydrogens is 460 g/mol. The van der Waals surface area contributed by atoms with Crippen LogP contribution in [-0.2, 0) is 24.1 Å². The first-order valence-corrected chi connectivity index (χ1v) is 14.2. The Morgan fingerprint density at radius 3 is 2.77 bits per heavy atom. The Morgan fingerprint density at radius 2 is 1.91 bits per heavy atom. The zero-order valence-corrected chi connectivity index (χ0v) is 21.3. The van der Waals surface area contributed by atoms with E-state index in [0.717, 1.165) is 68.6 Å². The number of amides is 1. The molecule has 2 unspecified atom stereocenters. The molecule has 2 aromatic rings. The number of aryl methyl sites for hydroxylation is 2. The molecule has 8 heteroatoms. The Balaban J connectivity index is 1.11. The van der Waals surface area contributed by atoms with Crippen LogP contribution < -0.4 is 19.7 Å². The molecule has 1 aromatic heterocycles. The third-order valence-corrected chi connectivity index (χ3v) is 8.99. The fraction of sp³-hybridized carbons (Fsp3) is 0.630. The molecule has 2 saturated heterocycles. The smallest absolute Gasteiger partial charge is 0.225 e. The van der Waals surface area contributed by atoms with E-state index in [1.54, 1.807) is 0 Å². The van der Waals surface area contributed by atoms with Crippen molar-refractivity contribution in [3.05, 3.63) is 34.3 Å². The number of rotatable bonds is 7. The van der Waals surface area contributed by atoms with Gasteiger partial charge in [-0.3, -0.25) is 4.79 Å². The first-order chi connectivity index (χ1) is 17.2. The van der Waals surface area contributed by atoms with Crippen LogP contribution in [0.2, 0.25) is 0 Å². The van der Waals surface area contributed by atoms with Gasteiger partial charge in [-0.25, -0.2) is 4.98 Å². The molecule has 3 aliphatic heterocycles. The van der Waals surface area contributed by atoms with Crippen LogP contribution in [0, 0.1) is 5.92 Å². The number of hydrogen-bond donors (Lipinski definition) is 1. The van der Waals surface area contributed by atoms with Crippen molar-refractivity contribution in [2.45, 2.75) is 57.4 Å². The fourth-order valence-corrected chi connectivity index (χ4v) is 7.06. The number of nitrogens with one attached hydrogen (secondary N) is 1. The molecule has 188 valence electrons. The zero-order valence-electron chi connectivity index (χ0n) is 20.5. The molecule has 2 fully saturated rings. The summed E-state index contributed by atoms with van der Waals surface area (Å²) < 4.78 is 11.5. The lowest BCUT2D eigenvalue weighted by Crippen LogP contribution is -2.46. The summed E-state index contributed by atoms with van der Waals surface area (Å²) >= 11 is 1.85. The van der Waals surface area contributed by atoms with Gasteiger partial charge in [-0.05, 0) is 82.2 Å². The molecule has 0 spiro atoms. The Kier molecular flexibility index (Phi) is 6.83. The summed E-state index contributed by atoms with van der Waals surface area (Å²) in [5, 5.41) is 4.56. The lowest BCUT2D eigenvalue weighted by Gasteiger charge is -2.26. The van der Waals surface area contributed by atoms with Crippen molar-refractivity contribution in [2.24, 2.45) is 5.92 Å². The van der Waals surface area contributed by atoms with Gasteiger partial charge in [-0.15, -0.1) is 11.3 Å². The summed E-state index contributed by atoms with van der Waals surface area (Å²) in [5.41, 5.74) is 2.48. The van der Waals surface area contributed by atoms with E-state index in [-0.39, 0.29) is 17.9 Å². The number of nitrogens with zero attached hydrogens (tertiary/aromatic N) is 3. The minimum absolute atomic E-state index is 0.0253. The van der Waals surface area contributed by atoms with Gasteiger partial charge in [0.05, 0.1) is 11.6 Å². The zero-order chi connectivity index (χ0) is 23.6. The minimum Gasteiger partial charge on any atom is -0.486 e. The van der Waals surface area contributed by atoms with Crippen LogP contribution in [-0.4, -0.2) is 67.8 Å². The molecule has 7 nitrogen and oxygen atoms in total. The van der Waals surface area contributed by atoms with E-state index in [4.69, 9.17) is 14.5 Å². The number of ether oxygens (including phenoxy) is 2. The van der Waals surface area contributed by atoms with Crippen LogP contribution in [0.1, 0.15) is 48.2 Å². The van der Waals surface area contributed by atoms with Crippen molar-refractivity contribution in [3.63, 3.8) is 0 Å². The quantitative estimate of drug-likeness (QED) is 0.634. The summed E-state index contributed by atoms with van der Waals surface area (Å²) in [7, 11) is 0. The van der Waals surface area contributed by atoms with Crippen molar-refractivity contribution in [2.75, 3.05) is 50.8 Å². The molecule has 1 aromatic carbocycles. The highest BCUT2D eigenvalue weighted by Gasteiger charge is 2.32. The second-order valence-corrected chi connectivity index (χ2v) is 11.5. The number of aromatic nitrogens is 1. The Morgan fingerprint density at radius 1 is 1.09 bits per heavy atom. The molecule has 0 bridgehead atoms. The van der Waals surface area contributed by atoms with Crippen molar-refractivity contribution in [1.82, 2.24) is 15.2 Å². The van der Waals surface area contributed by atoms with Crippen molar-refractivity contribution in [3.8, 4) is 11.5 Å². The lowest BCUT2D eigenvalue weighted by atomic mass is 10.0. The van der Waals surface area contributed by atoms with Gasteiger partial charge in [0.25, 0.3) is 0 Å². The van der Waals surface area contributed by atoms with Gasteiger partial charge >= 0.3 is 0 Å². The van der Waals surface area contributed by atoms with E-state index in [1.807, 2.05) is 17.4 Å². The van der Waals surface area contributed by atoms with E-state index in [2.05, 4.69) is 27.2 Å². The first-order valence-electron chi connectivity index (χ1n) is 13.4. The largest absolute Gasteiger partial charge is 0.486 e. The van der Waals surface area contributed by atoms with E-state index >= 15 is 0 Å². The van der Waals surface area contributed by atoms with E-state index in [0.29, 0.717) is 13.2 Å². The topological polar surface area (TPSA) is 66.9 Å². The maximum Gasteiger partial charge on any atom is 0.225 e. The maximum absolute atomic E-state index is 13.4. The van der Waals surface area contributed by atoms with Gasteiger partial charge < -0.3 is 24.6 Å². The SMILES string of the molecule is O=C(NC(Cc1ccc2c(c1)OCCO2)CN1CCCC1)C1CCN(c2nc3c(s2)CCCC3)C1. The number of carbonyl (C=O) groups excluding carboxylic acids is 1. The average molecular weight is 497 g/mol. The van der Waals surface area contributed by atoms with Crippen LogP contribution in [0.25, 0.3) is 0 Å². The van der Waals surface area contributed by atoms with Gasteiger partial charge in [0.1, 0.15) is 13.2 Å². The van der Waals surface area contributed by atoms with Crippen molar-refractivity contribution < 1.29 is 14.3 Å². The number of likely N-dealkylation sites (tertiary alicyclic amines) is 1. The molecule has 1 amide bonds. The Hall–Kier alpha value is -2.32. The fourth-order valence-electron chi connectivity index (χ4n) is 5.88. The molecule has 0 saturated carbocycles. The minimum atomic E-state index is 0.0253. The van der Waals surface area contributed by atoms with Crippen LogP contribution in [0.15, 0.2) is 18.2 Å². The van der Waals surface area contributed by atoms with Gasteiger partial charge in [0.15, 0.2) is 16.6 Å². The molecule has 0 radical (unpaired) electrons. The Bertz CT molecular complexity index is 1030. The van der Waals surface area contributed by atoms with Gasteiger partial charge in [-0.2, -0.15) is 0 Å². The maximum atomic E-state index is 13.4. The number of carbonyl (C=O) groups is 1. The third kappa shape index (κ3) is 5.28. The van der Waals surface area contributed by atoms with E-state index in [1.165, 1.54) is 48.2 Å². The summed E-state index contributed by atoms with van der Waals surface area (Å²) in [6.45, 7) is 6.03. The highest BCUT2D eigenvalue weighted by Crippen LogP contribution is 2.34. The number of thiazole rings is 1. The molecule has 1 aliphatic carbocycles. The number of hydrogen-bond acceptors (Lipinski definition) is 7. The van der Waals surface area contributed by atoms with E-state index in [9.17, 15) is 4.79 Å².